The van der Waals surface area contributed by atoms with E-state index < -0.39 is 18.6 Å². The summed E-state index contributed by atoms with van der Waals surface area (Å²) in [4.78, 5) is 0. The van der Waals surface area contributed by atoms with Crippen molar-refractivity contribution in [3.63, 3.8) is 0 Å². The van der Waals surface area contributed by atoms with Crippen LogP contribution in [0.5, 0.6) is 0 Å². The zero-order valence-electron chi connectivity index (χ0n) is 8.62. The van der Waals surface area contributed by atoms with Crippen LogP contribution in [0.2, 0.25) is 0 Å². The summed E-state index contributed by atoms with van der Waals surface area (Å²) in [5, 5.41) is 3.86. The second kappa shape index (κ2) is 4.22. The highest BCUT2D eigenvalue weighted by molar-refractivity contribution is 5.14. The first-order valence-corrected chi connectivity index (χ1v) is 4.67. The van der Waals surface area contributed by atoms with Gasteiger partial charge in [-0.3, -0.25) is 4.68 Å². The smallest absolute Gasteiger partial charge is 0.330 e. The van der Waals surface area contributed by atoms with E-state index in [0.717, 1.165) is 0 Å². The highest BCUT2D eigenvalue weighted by Gasteiger charge is 2.40. The molecule has 0 radical (unpaired) electrons. The van der Waals surface area contributed by atoms with Gasteiger partial charge in [0.15, 0.2) is 0 Å². The zero-order chi connectivity index (χ0) is 11.6. The molecule has 0 amide bonds. The van der Waals surface area contributed by atoms with Crippen LogP contribution in [0.4, 0.5) is 13.2 Å². The summed E-state index contributed by atoms with van der Waals surface area (Å²) in [7, 11) is 0. The largest absolute Gasteiger partial charge is 0.397 e. The molecule has 0 spiro atoms. The highest BCUT2D eigenvalue weighted by atomic mass is 19.4. The summed E-state index contributed by atoms with van der Waals surface area (Å²) in [5.74, 6) is -1.62. The Labute approximate surface area is 86.1 Å². The molecule has 1 aromatic heterocycles. The maximum absolute atomic E-state index is 12.5. The fourth-order valence-electron chi connectivity index (χ4n) is 1.27. The Morgan fingerprint density at radius 3 is 2.40 bits per heavy atom. The SMILES string of the molecule is CC(C)n1cc(C(CN)C(F)(F)F)cn1. The third-order valence-corrected chi connectivity index (χ3v) is 2.18. The lowest BCUT2D eigenvalue weighted by molar-refractivity contribution is -0.148. The molecule has 2 N–H and O–H groups in total. The van der Waals surface area contributed by atoms with Crippen LogP contribution in [0.3, 0.4) is 0 Å². The average Bonchev–Trinajstić information content (AvgIpc) is 2.51. The topological polar surface area (TPSA) is 43.8 Å². The number of hydrogen-bond donors (Lipinski definition) is 1. The van der Waals surface area contributed by atoms with Gasteiger partial charge in [-0.05, 0) is 13.8 Å². The molecule has 1 unspecified atom stereocenters. The van der Waals surface area contributed by atoms with E-state index in [1.165, 1.54) is 17.1 Å². The Balaban J connectivity index is 2.93. The molecule has 1 heterocycles. The van der Waals surface area contributed by atoms with Crippen molar-refractivity contribution in [1.82, 2.24) is 9.78 Å². The molecule has 0 aromatic carbocycles. The van der Waals surface area contributed by atoms with E-state index in [1.54, 1.807) is 0 Å². The van der Waals surface area contributed by atoms with Crippen LogP contribution in [0, 0.1) is 0 Å². The molecule has 15 heavy (non-hydrogen) atoms. The van der Waals surface area contributed by atoms with Gasteiger partial charge in [0.1, 0.15) is 0 Å². The van der Waals surface area contributed by atoms with Gasteiger partial charge in [-0.15, -0.1) is 0 Å². The molecule has 0 fully saturated rings. The number of alkyl halides is 3. The first-order valence-electron chi connectivity index (χ1n) is 4.67. The summed E-state index contributed by atoms with van der Waals surface area (Å²) in [6.45, 7) is 3.25. The van der Waals surface area contributed by atoms with Crippen molar-refractivity contribution < 1.29 is 13.2 Å². The number of halogens is 3. The predicted octanol–water partition coefficient (Wildman–Crippen LogP) is 2.07. The quantitative estimate of drug-likeness (QED) is 0.849. The van der Waals surface area contributed by atoms with E-state index in [4.69, 9.17) is 5.73 Å². The Morgan fingerprint density at radius 1 is 1.47 bits per heavy atom. The molecule has 0 aliphatic heterocycles. The van der Waals surface area contributed by atoms with Crippen molar-refractivity contribution in [1.29, 1.82) is 0 Å². The first-order chi connectivity index (χ1) is 6.86. The van der Waals surface area contributed by atoms with E-state index in [1.807, 2.05) is 13.8 Å². The first kappa shape index (κ1) is 12.0. The van der Waals surface area contributed by atoms with Crippen LogP contribution < -0.4 is 5.73 Å². The third kappa shape index (κ3) is 2.71. The molecule has 0 saturated heterocycles. The van der Waals surface area contributed by atoms with Crippen LogP contribution in [0.25, 0.3) is 0 Å². The Bertz CT molecular complexity index is 317. The number of rotatable bonds is 3. The van der Waals surface area contributed by atoms with E-state index in [9.17, 15) is 13.2 Å². The molecule has 0 saturated carbocycles. The van der Waals surface area contributed by atoms with Crippen molar-refractivity contribution in [2.45, 2.75) is 32.0 Å². The minimum atomic E-state index is -4.31. The molecule has 86 valence electrons. The zero-order valence-corrected chi connectivity index (χ0v) is 8.62. The van der Waals surface area contributed by atoms with Crippen molar-refractivity contribution in [3.8, 4) is 0 Å². The van der Waals surface area contributed by atoms with Crippen LogP contribution >= 0.6 is 0 Å². The molecular weight excluding hydrogens is 207 g/mol. The normalized spacial score (nSPS) is 14.6. The van der Waals surface area contributed by atoms with Gasteiger partial charge in [-0.1, -0.05) is 0 Å². The lowest BCUT2D eigenvalue weighted by atomic mass is 10.0. The third-order valence-electron chi connectivity index (χ3n) is 2.18. The molecule has 3 nitrogen and oxygen atoms in total. The van der Waals surface area contributed by atoms with Crippen molar-refractivity contribution >= 4 is 0 Å². The van der Waals surface area contributed by atoms with Crippen LogP contribution in [-0.4, -0.2) is 22.5 Å². The van der Waals surface area contributed by atoms with Gasteiger partial charge in [-0.25, -0.2) is 0 Å². The number of aromatic nitrogens is 2. The van der Waals surface area contributed by atoms with Crippen molar-refractivity contribution in [2.24, 2.45) is 5.73 Å². The monoisotopic (exact) mass is 221 g/mol. The Hall–Kier alpha value is -1.04. The van der Waals surface area contributed by atoms with Crippen molar-refractivity contribution in [3.05, 3.63) is 18.0 Å². The summed E-state index contributed by atoms with van der Waals surface area (Å²) in [5.41, 5.74) is 5.24. The second-order valence-electron chi connectivity index (χ2n) is 3.68. The fraction of sp³-hybridized carbons (Fsp3) is 0.667. The van der Waals surface area contributed by atoms with E-state index in [-0.39, 0.29) is 11.6 Å². The van der Waals surface area contributed by atoms with Gasteiger partial charge in [0, 0.05) is 24.3 Å². The lowest BCUT2D eigenvalue weighted by Gasteiger charge is -2.16. The molecule has 0 aliphatic carbocycles. The molecule has 1 rings (SSSR count). The maximum atomic E-state index is 12.5. The molecule has 0 bridgehead atoms. The summed E-state index contributed by atoms with van der Waals surface area (Å²) >= 11 is 0. The van der Waals surface area contributed by atoms with E-state index >= 15 is 0 Å². The van der Waals surface area contributed by atoms with Crippen LogP contribution in [0.1, 0.15) is 31.4 Å². The highest BCUT2D eigenvalue weighted by Crippen LogP contribution is 2.33. The van der Waals surface area contributed by atoms with Gasteiger partial charge >= 0.3 is 6.18 Å². The van der Waals surface area contributed by atoms with Gasteiger partial charge < -0.3 is 5.73 Å². The predicted molar refractivity (Wildman–Crippen MR) is 50.5 cm³/mol. The van der Waals surface area contributed by atoms with Gasteiger partial charge in [0.05, 0.1) is 12.1 Å². The van der Waals surface area contributed by atoms with Crippen molar-refractivity contribution in [2.75, 3.05) is 6.54 Å². The molecule has 1 atom stereocenters. The molecule has 1 aromatic rings. The molecular formula is C9H14F3N3. The molecule has 6 heteroatoms. The lowest BCUT2D eigenvalue weighted by Crippen LogP contribution is -2.27. The fourth-order valence-corrected chi connectivity index (χ4v) is 1.27. The Morgan fingerprint density at radius 2 is 2.07 bits per heavy atom. The number of hydrogen-bond acceptors (Lipinski definition) is 2. The average molecular weight is 221 g/mol. The van der Waals surface area contributed by atoms with Gasteiger partial charge in [-0.2, -0.15) is 18.3 Å². The standard InChI is InChI=1S/C9H14F3N3/c1-6(2)15-5-7(4-14-15)8(3-13)9(10,11)12/h4-6,8H,3,13H2,1-2H3. The van der Waals surface area contributed by atoms with Gasteiger partial charge in [0.25, 0.3) is 0 Å². The van der Waals surface area contributed by atoms with Crippen LogP contribution in [0.15, 0.2) is 12.4 Å². The van der Waals surface area contributed by atoms with E-state index in [0.29, 0.717) is 0 Å². The summed E-state index contributed by atoms with van der Waals surface area (Å²) in [6.07, 6.45) is -1.68. The second-order valence-corrected chi connectivity index (χ2v) is 3.68. The minimum absolute atomic E-state index is 0.0467. The Kier molecular flexibility index (Phi) is 3.38. The molecule has 0 aliphatic rings. The van der Waals surface area contributed by atoms with E-state index in [2.05, 4.69) is 5.10 Å². The maximum Gasteiger partial charge on any atom is 0.397 e. The minimum Gasteiger partial charge on any atom is -0.330 e. The summed E-state index contributed by atoms with van der Waals surface area (Å²) < 4.78 is 39.0. The van der Waals surface area contributed by atoms with Crippen LogP contribution in [-0.2, 0) is 0 Å². The number of nitrogens with two attached hydrogens (primary N) is 1. The number of nitrogens with zero attached hydrogens (tertiary/aromatic N) is 2. The summed E-state index contributed by atoms with van der Waals surface area (Å²) in [6, 6.07) is 0.0467. The van der Waals surface area contributed by atoms with Gasteiger partial charge in [0.2, 0.25) is 0 Å².